The Bertz CT molecular complexity index is 314. The molecule has 0 aromatic heterocycles. The van der Waals surface area contributed by atoms with Crippen LogP contribution < -0.4 is 10.6 Å². The van der Waals surface area contributed by atoms with E-state index in [0.717, 1.165) is 19.3 Å². The third-order valence-electron chi connectivity index (χ3n) is 4.23. The second-order valence-corrected chi connectivity index (χ2v) is 5.65. The maximum atomic E-state index is 11.9. The normalized spacial score (nSPS) is 20.6. The van der Waals surface area contributed by atoms with E-state index in [1.165, 1.54) is 12.8 Å². The number of carboxylic acid groups (broad SMARTS) is 1. The Labute approximate surface area is 115 Å². The van der Waals surface area contributed by atoms with Crippen LogP contribution in [0.3, 0.4) is 0 Å². The van der Waals surface area contributed by atoms with E-state index in [1.807, 2.05) is 20.8 Å². The van der Waals surface area contributed by atoms with Gasteiger partial charge in [0.1, 0.15) is 6.04 Å². The molecular formula is C14H26N2O3. The number of carbonyl (C=O) groups excluding carboxylic acids is 1. The zero-order chi connectivity index (χ0) is 14.4. The first-order valence-corrected chi connectivity index (χ1v) is 7.25. The first-order chi connectivity index (χ1) is 8.95. The van der Waals surface area contributed by atoms with Crippen LogP contribution in [0.1, 0.15) is 52.9 Å². The largest absolute Gasteiger partial charge is 0.480 e. The number of carboxylic acids is 1. The summed E-state index contributed by atoms with van der Waals surface area (Å²) in [4.78, 5) is 23.0. The summed E-state index contributed by atoms with van der Waals surface area (Å²) >= 11 is 0. The highest BCUT2D eigenvalue weighted by Crippen LogP contribution is 2.27. The topological polar surface area (TPSA) is 78.4 Å². The van der Waals surface area contributed by atoms with E-state index in [2.05, 4.69) is 10.6 Å². The molecule has 1 aliphatic carbocycles. The zero-order valence-electron chi connectivity index (χ0n) is 12.1. The van der Waals surface area contributed by atoms with Gasteiger partial charge >= 0.3 is 12.0 Å². The van der Waals surface area contributed by atoms with Crippen LogP contribution in [-0.2, 0) is 4.79 Å². The molecule has 19 heavy (non-hydrogen) atoms. The van der Waals surface area contributed by atoms with Gasteiger partial charge in [0.15, 0.2) is 0 Å². The second kappa shape index (κ2) is 7.36. The summed E-state index contributed by atoms with van der Waals surface area (Å²) in [7, 11) is 0. The Balaban J connectivity index is 2.45. The Morgan fingerprint density at radius 2 is 1.79 bits per heavy atom. The van der Waals surface area contributed by atoms with Gasteiger partial charge in [0.2, 0.25) is 0 Å². The Morgan fingerprint density at radius 1 is 1.21 bits per heavy atom. The monoisotopic (exact) mass is 270 g/mol. The van der Waals surface area contributed by atoms with Crippen LogP contribution in [0.25, 0.3) is 0 Å². The number of rotatable bonds is 6. The first kappa shape index (κ1) is 15.8. The van der Waals surface area contributed by atoms with Gasteiger partial charge in [0.25, 0.3) is 0 Å². The minimum atomic E-state index is -0.974. The minimum Gasteiger partial charge on any atom is -0.480 e. The molecule has 3 N–H and O–H groups in total. The molecule has 0 saturated heterocycles. The molecule has 0 heterocycles. The lowest BCUT2D eigenvalue weighted by Crippen LogP contribution is -2.51. The molecule has 1 rings (SSSR count). The van der Waals surface area contributed by atoms with Crippen LogP contribution in [0.15, 0.2) is 0 Å². The van der Waals surface area contributed by atoms with Crippen molar-refractivity contribution < 1.29 is 14.7 Å². The molecule has 0 radical (unpaired) electrons. The van der Waals surface area contributed by atoms with Gasteiger partial charge < -0.3 is 15.7 Å². The van der Waals surface area contributed by atoms with E-state index in [4.69, 9.17) is 5.11 Å². The fourth-order valence-electron chi connectivity index (χ4n) is 2.65. The van der Waals surface area contributed by atoms with E-state index < -0.39 is 12.0 Å². The summed E-state index contributed by atoms with van der Waals surface area (Å²) in [5, 5.41) is 14.6. The van der Waals surface area contributed by atoms with Crippen LogP contribution in [-0.4, -0.2) is 29.2 Å². The smallest absolute Gasteiger partial charge is 0.326 e. The predicted molar refractivity (Wildman–Crippen MR) is 74.0 cm³/mol. The van der Waals surface area contributed by atoms with Gasteiger partial charge in [-0.05, 0) is 31.6 Å². The molecule has 2 amide bonds. The van der Waals surface area contributed by atoms with Crippen molar-refractivity contribution in [3.63, 3.8) is 0 Å². The number of nitrogens with one attached hydrogen (secondary N) is 2. The maximum Gasteiger partial charge on any atom is 0.326 e. The molecule has 5 heteroatoms. The van der Waals surface area contributed by atoms with Gasteiger partial charge in [-0.15, -0.1) is 0 Å². The highest BCUT2D eigenvalue weighted by Gasteiger charge is 2.27. The lowest BCUT2D eigenvalue weighted by atomic mass is 9.99. The van der Waals surface area contributed by atoms with Crippen LogP contribution in [0.5, 0.6) is 0 Å². The number of hydrogen-bond donors (Lipinski definition) is 3. The number of amides is 2. The van der Waals surface area contributed by atoms with Crippen molar-refractivity contribution in [3.05, 3.63) is 0 Å². The summed E-state index contributed by atoms with van der Waals surface area (Å²) in [6, 6.07) is -1.08. The molecule has 0 aromatic carbocycles. The van der Waals surface area contributed by atoms with Crippen molar-refractivity contribution in [1.29, 1.82) is 0 Å². The van der Waals surface area contributed by atoms with Crippen molar-refractivity contribution in [3.8, 4) is 0 Å². The quantitative estimate of drug-likeness (QED) is 0.693. The standard InChI is InChI=1S/C14H26N2O3/c1-4-9(2)12(13(17)18)16-14(19)15-10(3)11-7-5-6-8-11/h9-12H,4-8H2,1-3H3,(H,17,18)(H2,15,16,19). The van der Waals surface area contributed by atoms with Crippen LogP contribution >= 0.6 is 0 Å². The SMILES string of the molecule is CCC(C)C(NC(=O)NC(C)C1CCCC1)C(=O)O. The van der Waals surface area contributed by atoms with E-state index >= 15 is 0 Å². The first-order valence-electron chi connectivity index (χ1n) is 7.25. The minimum absolute atomic E-state index is 0.0787. The lowest BCUT2D eigenvalue weighted by molar-refractivity contribution is -0.140. The highest BCUT2D eigenvalue weighted by molar-refractivity contribution is 5.82. The van der Waals surface area contributed by atoms with Crippen molar-refractivity contribution in [1.82, 2.24) is 10.6 Å². The molecule has 0 aromatic rings. The predicted octanol–water partition coefficient (Wildman–Crippen LogP) is 2.36. The molecule has 110 valence electrons. The third kappa shape index (κ3) is 4.73. The molecule has 0 bridgehead atoms. The van der Waals surface area contributed by atoms with Crippen molar-refractivity contribution in [2.24, 2.45) is 11.8 Å². The average molecular weight is 270 g/mol. The van der Waals surface area contributed by atoms with Crippen LogP contribution in [0.4, 0.5) is 4.79 Å². The zero-order valence-corrected chi connectivity index (χ0v) is 12.1. The maximum absolute atomic E-state index is 11.9. The van der Waals surface area contributed by atoms with Gasteiger partial charge in [-0.1, -0.05) is 33.1 Å². The molecule has 1 saturated carbocycles. The van der Waals surface area contributed by atoms with Gasteiger partial charge in [-0.2, -0.15) is 0 Å². The van der Waals surface area contributed by atoms with Crippen molar-refractivity contribution in [2.75, 3.05) is 0 Å². The van der Waals surface area contributed by atoms with E-state index in [1.54, 1.807) is 0 Å². The number of aliphatic carboxylic acids is 1. The fourth-order valence-corrected chi connectivity index (χ4v) is 2.65. The van der Waals surface area contributed by atoms with E-state index in [-0.39, 0.29) is 18.0 Å². The third-order valence-corrected chi connectivity index (χ3v) is 4.23. The van der Waals surface area contributed by atoms with E-state index in [0.29, 0.717) is 5.92 Å². The molecule has 0 aliphatic heterocycles. The molecule has 0 spiro atoms. The summed E-state index contributed by atoms with van der Waals surface area (Å²) in [5.41, 5.74) is 0. The molecule has 3 atom stereocenters. The van der Waals surface area contributed by atoms with Gasteiger partial charge in [-0.3, -0.25) is 0 Å². The molecule has 5 nitrogen and oxygen atoms in total. The summed E-state index contributed by atoms with van der Waals surface area (Å²) in [6.45, 7) is 5.75. The van der Waals surface area contributed by atoms with Crippen LogP contribution in [0, 0.1) is 11.8 Å². The highest BCUT2D eigenvalue weighted by atomic mass is 16.4. The van der Waals surface area contributed by atoms with Gasteiger partial charge in [-0.25, -0.2) is 9.59 Å². The Hall–Kier alpha value is -1.26. The Kier molecular flexibility index (Phi) is 6.12. The van der Waals surface area contributed by atoms with Crippen LogP contribution in [0.2, 0.25) is 0 Å². The number of carbonyl (C=O) groups is 2. The number of hydrogen-bond acceptors (Lipinski definition) is 2. The summed E-state index contributed by atoms with van der Waals surface area (Å²) < 4.78 is 0. The Morgan fingerprint density at radius 3 is 2.26 bits per heavy atom. The molecular weight excluding hydrogens is 244 g/mol. The summed E-state index contributed by atoms with van der Waals surface area (Å²) in [5.74, 6) is -0.527. The van der Waals surface area contributed by atoms with E-state index in [9.17, 15) is 9.59 Å². The van der Waals surface area contributed by atoms with Crippen molar-refractivity contribution in [2.45, 2.75) is 65.0 Å². The number of urea groups is 1. The fraction of sp³-hybridized carbons (Fsp3) is 0.857. The molecule has 3 unspecified atom stereocenters. The van der Waals surface area contributed by atoms with Crippen molar-refractivity contribution >= 4 is 12.0 Å². The second-order valence-electron chi connectivity index (χ2n) is 5.65. The molecule has 1 aliphatic rings. The van der Waals surface area contributed by atoms with Gasteiger partial charge in [0, 0.05) is 6.04 Å². The average Bonchev–Trinajstić information content (AvgIpc) is 2.88. The summed E-state index contributed by atoms with van der Waals surface area (Å²) in [6.07, 6.45) is 5.46. The molecule has 1 fully saturated rings. The van der Waals surface area contributed by atoms with Gasteiger partial charge in [0.05, 0.1) is 0 Å². The lowest BCUT2D eigenvalue weighted by Gasteiger charge is -2.24.